The lowest BCUT2D eigenvalue weighted by Gasteiger charge is -2.31. The van der Waals surface area contributed by atoms with Gasteiger partial charge in [-0.15, -0.1) is 0 Å². The lowest BCUT2D eigenvalue weighted by atomic mass is 9.98. The fourth-order valence-electron chi connectivity index (χ4n) is 3.49. The maximum atomic E-state index is 12.6. The van der Waals surface area contributed by atoms with Gasteiger partial charge in [-0.2, -0.15) is 0 Å². The van der Waals surface area contributed by atoms with Gasteiger partial charge >= 0.3 is 0 Å². The number of likely N-dealkylation sites (tertiary alicyclic amines) is 1. The summed E-state index contributed by atoms with van der Waals surface area (Å²) in [5.74, 6) is 0.201. The largest absolute Gasteiger partial charge is 0.396 e. The molecule has 4 heteroatoms. The van der Waals surface area contributed by atoms with E-state index in [0.717, 1.165) is 35.9 Å². The molecule has 2 aromatic rings. The van der Waals surface area contributed by atoms with Gasteiger partial charge < -0.3 is 15.0 Å². The number of hydrogen-bond acceptors (Lipinski definition) is 2. The van der Waals surface area contributed by atoms with Crippen LogP contribution in [0.3, 0.4) is 0 Å². The molecule has 1 aromatic heterocycles. The fraction of sp³-hybridized carbons (Fsp3) is 0.471. The van der Waals surface area contributed by atoms with Gasteiger partial charge in [-0.05, 0) is 25.3 Å². The van der Waals surface area contributed by atoms with Crippen molar-refractivity contribution in [3.63, 3.8) is 0 Å². The monoisotopic (exact) mass is 287 g/mol. The molecule has 21 heavy (non-hydrogen) atoms. The number of hydrogen-bond donors (Lipinski definition) is 3. The molecular formula is C17H23N2O2+. The van der Waals surface area contributed by atoms with Crippen molar-refractivity contribution in [2.24, 2.45) is 0 Å². The highest BCUT2D eigenvalue weighted by molar-refractivity contribution is 6.08. The number of rotatable bonds is 5. The number of aromatic nitrogens is 1. The molecule has 1 aromatic carbocycles. The van der Waals surface area contributed by atoms with Crippen LogP contribution in [0.5, 0.6) is 0 Å². The van der Waals surface area contributed by atoms with Crippen molar-refractivity contribution in [1.82, 2.24) is 4.98 Å². The Kier molecular flexibility index (Phi) is 4.36. The van der Waals surface area contributed by atoms with Crippen LogP contribution in [-0.2, 0) is 0 Å². The number of piperidine rings is 1. The molecule has 0 aliphatic carbocycles. The number of fused-ring (bicyclic) bond motifs is 1. The van der Waals surface area contributed by atoms with Gasteiger partial charge in [0.1, 0.15) is 6.54 Å². The molecule has 2 heterocycles. The Morgan fingerprint density at radius 1 is 1.33 bits per heavy atom. The Bertz CT molecular complexity index is 618. The Morgan fingerprint density at radius 2 is 2.19 bits per heavy atom. The van der Waals surface area contributed by atoms with Crippen LogP contribution >= 0.6 is 0 Å². The number of aromatic amines is 1. The Balaban J connectivity index is 1.76. The van der Waals surface area contributed by atoms with Crippen LogP contribution in [0.15, 0.2) is 30.5 Å². The predicted octanol–water partition coefficient (Wildman–Crippen LogP) is 1.17. The molecule has 4 nitrogen and oxygen atoms in total. The molecule has 0 amide bonds. The molecule has 1 aliphatic heterocycles. The second-order valence-electron chi connectivity index (χ2n) is 5.96. The lowest BCUT2D eigenvalue weighted by molar-refractivity contribution is -0.923. The van der Waals surface area contributed by atoms with Gasteiger partial charge in [-0.25, -0.2) is 0 Å². The zero-order valence-corrected chi connectivity index (χ0v) is 12.3. The molecule has 0 bridgehead atoms. The number of Topliss-reactive ketones (excluding diaryl/α,β-unsaturated/α-hetero) is 1. The van der Waals surface area contributed by atoms with Gasteiger partial charge in [0.2, 0.25) is 5.78 Å². The molecule has 3 N–H and O–H groups in total. The zero-order valence-electron chi connectivity index (χ0n) is 12.3. The average molecular weight is 287 g/mol. The summed E-state index contributed by atoms with van der Waals surface area (Å²) in [7, 11) is 0. The van der Waals surface area contributed by atoms with Crippen LogP contribution in [0.2, 0.25) is 0 Å². The van der Waals surface area contributed by atoms with Gasteiger partial charge in [-0.1, -0.05) is 18.2 Å². The van der Waals surface area contributed by atoms with E-state index in [1.165, 1.54) is 17.7 Å². The summed E-state index contributed by atoms with van der Waals surface area (Å²) in [6.45, 7) is 1.79. The highest BCUT2D eigenvalue weighted by atomic mass is 16.3. The molecule has 1 saturated heterocycles. The summed E-state index contributed by atoms with van der Waals surface area (Å²) in [5.41, 5.74) is 1.81. The van der Waals surface area contributed by atoms with Crippen LogP contribution < -0.4 is 4.90 Å². The fourth-order valence-corrected chi connectivity index (χ4v) is 3.49. The molecular weight excluding hydrogens is 264 g/mol. The second-order valence-corrected chi connectivity index (χ2v) is 5.96. The smallest absolute Gasteiger partial charge is 0.219 e. The third-order valence-corrected chi connectivity index (χ3v) is 4.63. The van der Waals surface area contributed by atoms with Crippen molar-refractivity contribution >= 4 is 16.7 Å². The number of benzene rings is 1. The van der Waals surface area contributed by atoms with Crippen LogP contribution in [-0.4, -0.2) is 41.6 Å². The van der Waals surface area contributed by atoms with Gasteiger partial charge in [-0.3, -0.25) is 4.79 Å². The summed E-state index contributed by atoms with van der Waals surface area (Å²) in [5, 5.41) is 10.2. The zero-order chi connectivity index (χ0) is 14.7. The van der Waals surface area contributed by atoms with E-state index in [-0.39, 0.29) is 12.4 Å². The van der Waals surface area contributed by atoms with Crippen molar-refractivity contribution in [2.45, 2.75) is 31.7 Å². The van der Waals surface area contributed by atoms with E-state index in [1.807, 2.05) is 30.5 Å². The topological polar surface area (TPSA) is 57.5 Å². The highest BCUT2D eigenvalue weighted by Crippen LogP contribution is 2.17. The molecule has 0 spiro atoms. The van der Waals surface area contributed by atoms with Crippen molar-refractivity contribution in [2.75, 3.05) is 19.7 Å². The molecule has 2 atom stereocenters. The number of carbonyl (C=O) groups excluding carboxylic acids is 1. The summed E-state index contributed by atoms with van der Waals surface area (Å²) >= 11 is 0. The Morgan fingerprint density at radius 3 is 3.05 bits per heavy atom. The lowest BCUT2D eigenvalue weighted by Crippen LogP contribution is -3.17. The maximum absolute atomic E-state index is 12.6. The van der Waals surface area contributed by atoms with Gasteiger partial charge in [0.15, 0.2) is 0 Å². The third-order valence-electron chi connectivity index (χ3n) is 4.63. The van der Waals surface area contributed by atoms with Crippen molar-refractivity contribution in [3.8, 4) is 0 Å². The summed E-state index contributed by atoms with van der Waals surface area (Å²) in [4.78, 5) is 17.1. The van der Waals surface area contributed by atoms with Crippen molar-refractivity contribution in [1.29, 1.82) is 0 Å². The third kappa shape index (κ3) is 3.01. The normalized spacial score (nSPS) is 22.5. The van der Waals surface area contributed by atoms with Gasteiger partial charge in [0, 0.05) is 35.7 Å². The number of carbonyl (C=O) groups is 1. The Labute approximate surface area is 124 Å². The minimum Gasteiger partial charge on any atom is -0.396 e. The van der Waals surface area contributed by atoms with Crippen LogP contribution in [0.4, 0.5) is 0 Å². The first-order chi connectivity index (χ1) is 10.3. The van der Waals surface area contributed by atoms with E-state index >= 15 is 0 Å². The summed E-state index contributed by atoms with van der Waals surface area (Å²) in [6, 6.07) is 8.36. The van der Waals surface area contributed by atoms with E-state index in [0.29, 0.717) is 12.6 Å². The summed E-state index contributed by atoms with van der Waals surface area (Å²) in [6.07, 6.45) is 6.15. The standard InChI is InChI=1S/C17H22N2O2/c20-10-8-13-5-3-4-9-19(13)12-17(21)15-11-18-16-7-2-1-6-14(15)16/h1-2,6-7,11,13,18,20H,3-5,8-10,12H2/p+1/t13-/m1/s1. The molecule has 112 valence electrons. The molecule has 1 aliphatic rings. The van der Waals surface area contributed by atoms with E-state index < -0.39 is 0 Å². The molecule has 1 fully saturated rings. The van der Waals surface area contributed by atoms with E-state index in [4.69, 9.17) is 0 Å². The van der Waals surface area contributed by atoms with Crippen LogP contribution in [0.25, 0.3) is 10.9 Å². The number of quaternary nitrogens is 1. The molecule has 0 saturated carbocycles. The first-order valence-electron chi connectivity index (χ1n) is 7.84. The number of ketones is 1. The predicted molar refractivity (Wildman–Crippen MR) is 82.7 cm³/mol. The summed E-state index contributed by atoms with van der Waals surface area (Å²) < 4.78 is 0. The minimum atomic E-state index is 0.201. The average Bonchev–Trinajstić information content (AvgIpc) is 2.93. The maximum Gasteiger partial charge on any atom is 0.219 e. The van der Waals surface area contributed by atoms with Crippen molar-refractivity contribution < 1.29 is 14.8 Å². The first kappa shape index (κ1) is 14.3. The molecule has 3 rings (SSSR count). The quantitative estimate of drug-likeness (QED) is 0.723. The number of para-hydroxylation sites is 1. The minimum absolute atomic E-state index is 0.201. The molecule has 1 unspecified atom stereocenters. The number of aliphatic hydroxyl groups excluding tert-OH is 1. The number of aliphatic hydroxyl groups is 1. The second kappa shape index (κ2) is 6.41. The Hall–Kier alpha value is -1.65. The van der Waals surface area contributed by atoms with Gasteiger partial charge in [0.05, 0.1) is 12.6 Å². The number of H-pyrrole nitrogens is 1. The highest BCUT2D eigenvalue weighted by Gasteiger charge is 2.28. The van der Waals surface area contributed by atoms with E-state index in [2.05, 4.69) is 4.98 Å². The number of nitrogens with one attached hydrogen (secondary N) is 2. The van der Waals surface area contributed by atoms with Crippen LogP contribution in [0.1, 0.15) is 36.0 Å². The van der Waals surface area contributed by atoms with Crippen LogP contribution in [0, 0.1) is 0 Å². The molecule has 0 radical (unpaired) electrons. The van der Waals surface area contributed by atoms with E-state index in [9.17, 15) is 9.90 Å². The van der Waals surface area contributed by atoms with Crippen molar-refractivity contribution in [3.05, 3.63) is 36.0 Å². The van der Waals surface area contributed by atoms with E-state index in [1.54, 1.807) is 0 Å². The van der Waals surface area contributed by atoms with Gasteiger partial charge in [0.25, 0.3) is 0 Å². The SMILES string of the molecule is O=C(C[NH+]1CCCC[C@@H]1CCO)c1c[nH]c2ccccc12. The first-order valence-corrected chi connectivity index (χ1v) is 7.84.